The van der Waals surface area contributed by atoms with Gasteiger partial charge in [0.2, 0.25) is 0 Å². The van der Waals surface area contributed by atoms with Crippen LogP contribution < -0.4 is 11.1 Å². The van der Waals surface area contributed by atoms with Crippen molar-refractivity contribution in [2.45, 2.75) is 50.8 Å². The highest BCUT2D eigenvalue weighted by Crippen LogP contribution is 2.29. The van der Waals surface area contributed by atoms with Crippen LogP contribution in [-0.2, 0) is 25.5 Å². The van der Waals surface area contributed by atoms with Crippen LogP contribution in [-0.4, -0.2) is 48.6 Å². The molecule has 2 unspecified atom stereocenters. The zero-order valence-electron chi connectivity index (χ0n) is 15.7. The van der Waals surface area contributed by atoms with Crippen LogP contribution in [0.2, 0.25) is 0 Å². The first-order chi connectivity index (χ1) is 12.2. The lowest BCUT2D eigenvalue weighted by Crippen LogP contribution is -2.61. The summed E-state index contributed by atoms with van der Waals surface area (Å²) in [7, 11) is 1.30. The molecule has 0 fully saturated rings. The number of methoxy groups -OCH3 is 1. The summed E-state index contributed by atoms with van der Waals surface area (Å²) in [4.78, 5) is 30.0. The highest BCUT2D eigenvalue weighted by atomic mass is 16.6. The molecule has 7 heteroatoms. The van der Waals surface area contributed by atoms with Gasteiger partial charge >= 0.3 is 11.9 Å². The number of nitrogens with two attached hydrogens (primary N) is 1. The molecule has 26 heavy (non-hydrogen) atoms. The van der Waals surface area contributed by atoms with Crippen molar-refractivity contribution >= 4 is 17.8 Å². The number of rotatable bonds is 6. The van der Waals surface area contributed by atoms with Gasteiger partial charge in [-0.15, -0.1) is 0 Å². The topological polar surface area (TPSA) is 103 Å². The molecule has 0 bridgehead atoms. The number of aliphatic imine (C=N–C) groups is 1. The molecule has 142 valence electrons. The summed E-state index contributed by atoms with van der Waals surface area (Å²) in [5, 5.41) is 3.12. The fourth-order valence-electron chi connectivity index (χ4n) is 2.98. The summed E-state index contributed by atoms with van der Waals surface area (Å²) < 4.78 is 10.5. The Morgan fingerprint density at radius 3 is 2.46 bits per heavy atom. The van der Waals surface area contributed by atoms with Crippen molar-refractivity contribution in [3.63, 3.8) is 0 Å². The minimum Gasteiger partial charge on any atom is -0.467 e. The van der Waals surface area contributed by atoms with E-state index in [4.69, 9.17) is 15.2 Å². The molecular weight excluding hydrogens is 334 g/mol. The highest BCUT2D eigenvalue weighted by Gasteiger charge is 2.56. The van der Waals surface area contributed by atoms with E-state index >= 15 is 0 Å². The first-order valence-electron chi connectivity index (χ1n) is 8.62. The molecule has 0 radical (unpaired) electrons. The molecule has 0 saturated heterocycles. The van der Waals surface area contributed by atoms with E-state index in [-0.39, 0.29) is 6.42 Å². The second-order valence-corrected chi connectivity index (χ2v) is 7.30. The van der Waals surface area contributed by atoms with Gasteiger partial charge in [0, 0.05) is 12.8 Å². The van der Waals surface area contributed by atoms with Crippen molar-refractivity contribution in [2.75, 3.05) is 13.7 Å². The van der Waals surface area contributed by atoms with Gasteiger partial charge in [-0.1, -0.05) is 30.3 Å². The lowest BCUT2D eigenvalue weighted by molar-refractivity contribution is -0.163. The van der Waals surface area contributed by atoms with E-state index in [1.165, 1.54) is 7.11 Å². The number of ether oxygens (including phenoxy) is 2. The molecule has 0 saturated carbocycles. The molecule has 1 heterocycles. The maximum absolute atomic E-state index is 12.8. The van der Waals surface area contributed by atoms with Crippen molar-refractivity contribution in [2.24, 2.45) is 10.7 Å². The van der Waals surface area contributed by atoms with Crippen LogP contribution in [0.15, 0.2) is 35.3 Å². The Labute approximate surface area is 154 Å². The monoisotopic (exact) mass is 361 g/mol. The quantitative estimate of drug-likeness (QED) is 0.738. The molecule has 0 spiro atoms. The van der Waals surface area contributed by atoms with Gasteiger partial charge in [0.15, 0.2) is 11.6 Å². The third kappa shape index (κ3) is 4.40. The van der Waals surface area contributed by atoms with Crippen molar-refractivity contribution in [3.8, 4) is 0 Å². The number of benzene rings is 1. The molecule has 0 amide bonds. The number of amidine groups is 1. The van der Waals surface area contributed by atoms with Gasteiger partial charge in [-0.3, -0.25) is 4.99 Å². The number of carbonyl (C=O) groups is 2. The van der Waals surface area contributed by atoms with Crippen molar-refractivity contribution in [3.05, 3.63) is 35.9 Å². The van der Waals surface area contributed by atoms with Crippen molar-refractivity contribution < 1.29 is 19.1 Å². The van der Waals surface area contributed by atoms with Crippen LogP contribution in [0.4, 0.5) is 0 Å². The van der Waals surface area contributed by atoms with Crippen molar-refractivity contribution in [1.29, 1.82) is 0 Å². The summed E-state index contributed by atoms with van der Waals surface area (Å²) in [6.07, 6.45) is 0.662. The maximum Gasteiger partial charge on any atom is 0.334 e. The minimum absolute atomic E-state index is 0.238. The number of carbonyl (C=O) groups excluding carboxylic acids is 2. The third-order valence-corrected chi connectivity index (χ3v) is 4.01. The molecule has 7 nitrogen and oxygen atoms in total. The zero-order valence-corrected chi connectivity index (χ0v) is 15.7. The van der Waals surface area contributed by atoms with Crippen LogP contribution in [0.1, 0.15) is 32.8 Å². The third-order valence-electron chi connectivity index (χ3n) is 4.01. The van der Waals surface area contributed by atoms with E-state index in [9.17, 15) is 9.59 Å². The van der Waals surface area contributed by atoms with Crippen LogP contribution in [0.25, 0.3) is 0 Å². The molecule has 1 aliphatic heterocycles. The molecule has 0 aromatic heterocycles. The molecule has 1 aromatic carbocycles. The summed E-state index contributed by atoms with van der Waals surface area (Å²) in [5.74, 6) is -0.629. The average molecular weight is 361 g/mol. The summed E-state index contributed by atoms with van der Waals surface area (Å²) in [5.41, 5.74) is 4.45. The number of nitrogens with one attached hydrogen (secondary N) is 1. The lowest BCUT2D eigenvalue weighted by Gasteiger charge is -2.32. The lowest BCUT2D eigenvalue weighted by atomic mass is 9.84. The molecule has 0 aliphatic carbocycles. The molecule has 2 rings (SSSR count). The summed E-state index contributed by atoms with van der Waals surface area (Å²) in [6.45, 7) is 5.66. The maximum atomic E-state index is 12.8. The van der Waals surface area contributed by atoms with Gasteiger partial charge in [0.1, 0.15) is 5.60 Å². The van der Waals surface area contributed by atoms with Gasteiger partial charge in [-0.25, -0.2) is 9.59 Å². The fraction of sp³-hybridized carbons (Fsp3) is 0.526. The Morgan fingerprint density at radius 1 is 1.27 bits per heavy atom. The Morgan fingerprint density at radius 2 is 1.92 bits per heavy atom. The largest absolute Gasteiger partial charge is 0.467 e. The molecular formula is C19H27N3O4. The first-order valence-corrected chi connectivity index (χ1v) is 8.62. The van der Waals surface area contributed by atoms with Gasteiger partial charge in [0.05, 0.1) is 12.9 Å². The van der Waals surface area contributed by atoms with Gasteiger partial charge in [0.25, 0.3) is 0 Å². The summed E-state index contributed by atoms with van der Waals surface area (Å²) >= 11 is 0. The Kier molecular flexibility index (Phi) is 6.02. The number of hydrogen-bond acceptors (Lipinski definition) is 7. The SMILES string of the molecule is COC(=O)C1(Cc2ccccc2)NC(CCN)=NC1C(=O)OC(C)(C)C. The fourth-order valence-corrected chi connectivity index (χ4v) is 2.98. The minimum atomic E-state index is -1.36. The normalized spacial score (nSPS) is 22.3. The van der Waals surface area contributed by atoms with E-state index in [0.717, 1.165) is 5.56 Å². The van der Waals surface area contributed by atoms with Crippen LogP contribution in [0.5, 0.6) is 0 Å². The number of nitrogens with zero attached hydrogens (tertiary/aromatic N) is 1. The van der Waals surface area contributed by atoms with Gasteiger partial charge < -0.3 is 20.5 Å². The van der Waals surface area contributed by atoms with E-state index < -0.39 is 29.1 Å². The average Bonchev–Trinajstić information content (AvgIpc) is 2.93. The van der Waals surface area contributed by atoms with E-state index in [1.54, 1.807) is 20.8 Å². The second-order valence-electron chi connectivity index (χ2n) is 7.30. The smallest absolute Gasteiger partial charge is 0.334 e. The molecule has 3 N–H and O–H groups in total. The highest BCUT2D eigenvalue weighted by molar-refractivity contribution is 6.01. The standard InChI is InChI=1S/C19H27N3O4/c1-18(2,3)26-16(23)15-19(17(24)25-4,22-14(21-15)10-11-20)12-13-8-6-5-7-9-13/h5-9,15H,10-12,20H2,1-4H3,(H,21,22). The Hall–Kier alpha value is -2.41. The Balaban J connectivity index is 2.44. The van der Waals surface area contributed by atoms with E-state index in [0.29, 0.717) is 18.8 Å². The van der Waals surface area contributed by atoms with Gasteiger partial charge in [-0.2, -0.15) is 0 Å². The van der Waals surface area contributed by atoms with Crippen molar-refractivity contribution in [1.82, 2.24) is 5.32 Å². The van der Waals surface area contributed by atoms with E-state index in [2.05, 4.69) is 10.3 Å². The van der Waals surface area contributed by atoms with Crippen LogP contribution in [0, 0.1) is 0 Å². The van der Waals surface area contributed by atoms with Gasteiger partial charge in [-0.05, 0) is 32.9 Å². The second kappa shape index (κ2) is 7.86. The van der Waals surface area contributed by atoms with Crippen LogP contribution in [0.3, 0.4) is 0 Å². The van der Waals surface area contributed by atoms with Crippen LogP contribution >= 0.6 is 0 Å². The molecule has 1 aromatic rings. The Bertz CT molecular complexity index is 682. The number of esters is 2. The first kappa shape index (κ1) is 19.9. The zero-order chi connectivity index (χ0) is 19.4. The predicted molar refractivity (Wildman–Crippen MR) is 98.8 cm³/mol. The summed E-state index contributed by atoms with van der Waals surface area (Å²) in [6, 6.07) is 8.37. The van der Waals surface area contributed by atoms with E-state index in [1.807, 2.05) is 30.3 Å². The predicted octanol–water partition coefficient (Wildman–Crippen LogP) is 1.20. The molecule has 1 aliphatic rings. The number of hydrogen-bond donors (Lipinski definition) is 2. The molecule has 2 atom stereocenters.